The Hall–Kier alpha value is -1.58. The molecule has 0 radical (unpaired) electrons. The quantitative estimate of drug-likeness (QED) is 0.851. The number of hydrogen-bond donors (Lipinski definition) is 1. The van der Waals surface area contributed by atoms with Gasteiger partial charge in [0.05, 0.1) is 7.11 Å². The molecule has 1 N–H and O–H groups in total. The number of ether oxygens (including phenoxy) is 1. The molecule has 1 unspecified atom stereocenters. The van der Waals surface area contributed by atoms with E-state index in [1.807, 2.05) is 19.9 Å². The smallest absolute Gasteiger partial charge is 0.331 e. The van der Waals surface area contributed by atoms with E-state index in [4.69, 9.17) is 4.74 Å². The fraction of sp³-hybridized carbons (Fsp3) is 0.588. The zero-order chi connectivity index (χ0) is 15.5. The van der Waals surface area contributed by atoms with E-state index >= 15 is 0 Å². The van der Waals surface area contributed by atoms with Crippen molar-refractivity contribution in [3.8, 4) is 0 Å². The molecular weight excluding hydrogens is 269 g/mol. The van der Waals surface area contributed by atoms with Crippen LogP contribution < -0.4 is 5.32 Å². The van der Waals surface area contributed by atoms with Gasteiger partial charge >= 0.3 is 5.97 Å². The van der Waals surface area contributed by atoms with Crippen LogP contribution in [0.5, 0.6) is 0 Å². The molecule has 0 aromatic heterocycles. The van der Waals surface area contributed by atoms with E-state index in [1.54, 1.807) is 0 Å². The summed E-state index contributed by atoms with van der Waals surface area (Å²) in [6.45, 7) is 3.71. The first kappa shape index (κ1) is 15.8. The number of aryl methyl sites for hydroxylation is 1. The van der Waals surface area contributed by atoms with Crippen molar-refractivity contribution in [2.75, 3.05) is 12.4 Å². The van der Waals surface area contributed by atoms with Gasteiger partial charge in [0.2, 0.25) is 0 Å². The Morgan fingerprint density at radius 3 is 2.52 bits per heavy atom. The molecule has 4 heteroatoms. The molecule has 116 valence electrons. The van der Waals surface area contributed by atoms with Gasteiger partial charge in [0, 0.05) is 5.69 Å². The predicted molar refractivity (Wildman–Crippen MR) is 81.8 cm³/mol. The molecule has 0 saturated heterocycles. The molecule has 1 aliphatic rings. The number of hydrogen-bond acceptors (Lipinski definition) is 3. The second kappa shape index (κ2) is 6.46. The van der Waals surface area contributed by atoms with Crippen molar-refractivity contribution in [1.29, 1.82) is 0 Å². The topological polar surface area (TPSA) is 38.3 Å². The van der Waals surface area contributed by atoms with E-state index in [9.17, 15) is 9.18 Å². The number of rotatable bonds is 4. The Morgan fingerprint density at radius 1 is 1.29 bits per heavy atom. The standard InChI is InChI=1S/C17H24FNO2/c1-12-9-14(18)11-15(10-12)19-17(2,16(20)21-3)13-7-5-4-6-8-13/h9-11,13,19H,4-8H2,1-3H3. The van der Waals surface area contributed by atoms with Crippen LogP contribution in [0.15, 0.2) is 18.2 Å². The van der Waals surface area contributed by atoms with Crippen molar-refractivity contribution in [1.82, 2.24) is 0 Å². The van der Waals surface area contributed by atoms with Gasteiger partial charge in [-0.2, -0.15) is 0 Å². The Balaban J connectivity index is 2.28. The van der Waals surface area contributed by atoms with Crippen LogP contribution in [0.25, 0.3) is 0 Å². The van der Waals surface area contributed by atoms with E-state index in [0.717, 1.165) is 31.2 Å². The van der Waals surface area contributed by atoms with Crippen LogP contribution in [0.3, 0.4) is 0 Å². The molecule has 0 amide bonds. The number of anilines is 1. The molecule has 1 aliphatic carbocycles. The fourth-order valence-electron chi connectivity index (χ4n) is 3.32. The highest BCUT2D eigenvalue weighted by Gasteiger charge is 2.42. The largest absolute Gasteiger partial charge is 0.467 e. The van der Waals surface area contributed by atoms with Gasteiger partial charge in [-0.1, -0.05) is 19.3 Å². The van der Waals surface area contributed by atoms with E-state index in [2.05, 4.69) is 5.32 Å². The maximum Gasteiger partial charge on any atom is 0.331 e. The summed E-state index contributed by atoms with van der Waals surface area (Å²) in [5.74, 6) is -0.369. The molecule has 2 rings (SSSR count). The van der Waals surface area contributed by atoms with Crippen molar-refractivity contribution in [2.24, 2.45) is 5.92 Å². The van der Waals surface area contributed by atoms with Crippen LogP contribution in [0.4, 0.5) is 10.1 Å². The zero-order valence-corrected chi connectivity index (χ0v) is 13.0. The number of benzene rings is 1. The third-order valence-electron chi connectivity index (χ3n) is 4.48. The van der Waals surface area contributed by atoms with Crippen molar-refractivity contribution in [3.63, 3.8) is 0 Å². The summed E-state index contributed by atoms with van der Waals surface area (Å²) in [7, 11) is 1.40. The number of carbonyl (C=O) groups is 1. The summed E-state index contributed by atoms with van der Waals surface area (Å²) in [6, 6.07) is 4.76. The molecule has 1 fully saturated rings. The summed E-state index contributed by atoms with van der Waals surface area (Å²) in [5.41, 5.74) is 0.648. The van der Waals surface area contributed by atoms with Gasteiger partial charge in [-0.25, -0.2) is 9.18 Å². The molecule has 0 bridgehead atoms. The number of nitrogens with one attached hydrogen (secondary N) is 1. The monoisotopic (exact) mass is 293 g/mol. The molecule has 1 atom stereocenters. The zero-order valence-electron chi connectivity index (χ0n) is 13.0. The average molecular weight is 293 g/mol. The second-order valence-corrected chi connectivity index (χ2v) is 6.17. The highest BCUT2D eigenvalue weighted by molar-refractivity contribution is 5.84. The first-order chi connectivity index (χ1) is 9.95. The highest BCUT2D eigenvalue weighted by atomic mass is 19.1. The number of halogens is 1. The number of esters is 1. The van der Waals surface area contributed by atoms with Crippen molar-refractivity contribution in [3.05, 3.63) is 29.6 Å². The van der Waals surface area contributed by atoms with Crippen molar-refractivity contribution < 1.29 is 13.9 Å². The Labute approximate surface area is 125 Å². The molecule has 1 aromatic carbocycles. The molecule has 21 heavy (non-hydrogen) atoms. The fourth-order valence-corrected chi connectivity index (χ4v) is 3.32. The summed E-state index contributed by atoms with van der Waals surface area (Å²) in [4.78, 5) is 12.3. The van der Waals surface area contributed by atoms with Gasteiger partial charge in [-0.3, -0.25) is 0 Å². The predicted octanol–water partition coefficient (Wildman–Crippen LogP) is 4.06. The maximum atomic E-state index is 13.6. The molecule has 0 aliphatic heterocycles. The van der Waals surface area contributed by atoms with Crippen LogP contribution in [-0.4, -0.2) is 18.6 Å². The Bertz CT molecular complexity index is 491. The molecular formula is C17H24FNO2. The lowest BCUT2D eigenvalue weighted by Crippen LogP contribution is -2.51. The van der Waals surface area contributed by atoms with Crippen LogP contribution in [0.2, 0.25) is 0 Å². The van der Waals surface area contributed by atoms with Gasteiger partial charge in [-0.15, -0.1) is 0 Å². The van der Waals surface area contributed by atoms with Gasteiger partial charge in [-0.05, 0) is 56.4 Å². The van der Waals surface area contributed by atoms with Gasteiger partial charge in [0.1, 0.15) is 11.4 Å². The summed E-state index contributed by atoms with van der Waals surface area (Å²) >= 11 is 0. The summed E-state index contributed by atoms with van der Waals surface area (Å²) in [5, 5.41) is 3.24. The lowest BCUT2D eigenvalue weighted by Gasteiger charge is -2.38. The third kappa shape index (κ3) is 3.55. The van der Waals surface area contributed by atoms with Crippen LogP contribution in [0, 0.1) is 18.7 Å². The van der Waals surface area contributed by atoms with Gasteiger partial charge in [0.25, 0.3) is 0 Å². The number of carbonyl (C=O) groups excluding carboxylic acids is 1. The van der Waals surface area contributed by atoms with E-state index in [1.165, 1.54) is 25.7 Å². The Morgan fingerprint density at radius 2 is 1.95 bits per heavy atom. The van der Waals surface area contributed by atoms with Crippen LogP contribution in [0.1, 0.15) is 44.6 Å². The van der Waals surface area contributed by atoms with Gasteiger partial charge < -0.3 is 10.1 Å². The third-order valence-corrected chi connectivity index (χ3v) is 4.48. The van der Waals surface area contributed by atoms with E-state index < -0.39 is 5.54 Å². The molecule has 3 nitrogen and oxygen atoms in total. The number of methoxy groups -OCH3 is 1. The molecule has 0 heterocycles. The first-order valence-electron chi connectivity index (χ1n) is 7.59. The van der Waals surface area contributed by atoms with Crippen LogP contribution in [-0.2, 0) is 9.53 Å². The lowest BCUT2D eigenvalue weighted by atomic mass is 9.75. The van der Waals surface area contributed by atoms with Gasteiger partial charge in [0.15, 0.2) is 0 Å². The summed E-state index contributed by atoms with van der Waals surface area (Å²) in [6.07, 6.45) is 5.45. The second-order valence-electron chi connectivity index (χ2n) is 6.17. The van der Waals surface area contributed by atoms with Crippen molar-refractivity contribution >= 4 is 11.7 Å². The molecule has 0 spiro atoms. The SMILES string of the molecule is COC(=O)C(C)(Nc1cc(C)cc(F)c1)C1CCCCC1. The molecule has 1 saturated carbocycles. The normalized spacial score (nSPS) is 18.9. The molecule has 1 aromatic rings. The highest BCUT2D eigenvalue weighted by Crippen LogP contribution is 2.36. The lowest BCUT2D eigenvalue weighted by molar-refractivity contribution is -0.147. The minimum atomic E-state index is -0.810. The Kier molecular flexibility index (Phi) is 4.86. The van der Waals surface area contributed by atoms with E-state index in [0.29, 0.717) is 5.69 Å². The first-order valence-corrected chi connectivity index (χ1v) is 7.59. The minimum Gasteiger partial charge on any atom is -0.467 e. The minimum absolute atomic E-state index is 0.210. The van der Waals surface area contributed by atoms with Crippen molar-refractivity contribution in [2.45, 2.75) is 51.5 Å². The van der Waals surface area contributed by atoms with E-state index in [-0.39, 0.29) is 17.7 Å². The maximum absolute atomic E-state index is 13.6. The average Bonchev–Trinajstić information content (AvgIpc) is 2.46. The summed E-state index contributed by atoms with van der Waals surface area (Å²) < 4.78 is 18.6. The van der Waals surface area contributed by atoms with Crippen LogP contribution >= 0.6 is 0 Å².